The van der Waals surface area contributed by atoms with Crippen molar-refractivity contribution in [3.05, 3.63) is 71.3 Å². The lowest BCUT2D eigenvalue weighted by molar-refractivity contribution is -0.129. The lowest BCUT2D eigenvalue weighted by Gasteiger charge is -2.19. The monoisotopic (exact) mass is 395 g/mol. The third-order valence-electron chi connectivity index (χ3n) is 4.65. The molecule has 1 atom stereocenters. The van der Waals surface area contributed by atoms with Crippen molar-refractivity contribution in [2.24, 2.45) is 5.73 Å². The smallest absolute Gasteiger partial charge is 0.248 e. The zero-order valence-electron chi connectivity index (χ0n) is 16.8. The number of carbonyl (C=O) groups excluding carboxylic acids is 3. The lowest BCUT2D eigenvalue weighted by atomic mass is 10.0. The van der Waals surface area contributed by atoms with Gasteiger partial charge < -0.3 is 16.4 Å². The van der Waals surface area contributed by atoms with E-state index < -0.39 is 11.9 Å². The summed E-state index contributed by atoms with van der Waals surface area (Å²) >= 11 is 0. The molecule has 0 saturated carbocycles. The fraction of sp³-hybridized carbons (Fsp3) is 0.348. The Kier molecular flexibility index (Phi) is 8.89. The topological polar surface area (TPSA) is 101 Å². The minimum Gasteiger partial charge on any atom is -0.366 e. The molecule has 2 aromatic carbocycles. The van der Waals surface area contributed by atoms with E-state index in [4.69, 9.17) is 5.73 Å². The predicted octanol–water partition coefficient (Wildman–Crippen LogP) is 2.71. The Morgan fingerprint density at radius 2 is 1.62 bits per heavy atom. The Labute approximate surface area is 171 Å². The number of amides is 3. The number of hydrogen-bond donors (Lipinski definition) is 3. The van der Waals surface area contributed by atoms with Crippen molar-refractivity contribution in [1.29, 1.82) is 0 Å². The summed E-state index contributed by atoms with van der Waals surface area (Å²) in [4.78, 5) is 36.2. The Hall–Kier alpha value is -3.15. The summed E-state index contributed by atoms with van der Waals surface area (Å²) in [7, 11) is 0. The highest BCUT2D eigenvalue weighted by atomic mass is 16.2. The van der Waals surface area contributed by atoms with E-state index in [0.717, 1.165) is 30.4 Å². The van der Waals surface area contributed by atoms with Crippen LogP contribution < -0.4 is 16.4 Å². The molecule has 3 amide bonds. The van der Waals surface area contributed by atoms with Gasteiger partial charge in [0, 0.05) is 24.9 Å². The van der Waals surface area contributed by atoms with Crippen LogP contribution in [-0.4, -0.2) is 23.8 Å². The van der Waals surface area contributed by atoms with Crippen molar-refractivity contribution in [1.82, 2.24) is 10.6 Å². The Balaban J connectivity index is 1.98. The molecule has 6 nitrogen and oxygen atoms in total. The minimum absolute atomic E-state index is 0.111. The highest BCUT2D eigenvalue weighted by molar-refractivity contribution is 5.92. The zero-order chi connectivity index (χ0) is 21.1. The van der Waals surface area contributed by atoms with Gasteiger partial charge in [-0.1, -0.05) is 62.2 Å². The van der Waals surface area contributed by atoms with Crippen LogP contribution in [0.2, 0.25) is 0 Å². The molecule has 2 rings (SSSR count). The van der Waals surface area contributed by atoms with E-state index in [2.05, 4.69) is 17.6 Å². The molecule has 0 aliphatic carbocycles. The first kappa shape index (κ1) is 22.1. The third-order valence-corrected chi connectivity index (χ3v) is 4.65. The van der Waals surface area contributed by atoms with Crippen molar-refractivity contribution < 1.29 is 14.4 Å². The maximum atomic E-state index is 12.8. The third kappa shape index (κ3) is 7.78. The molecule has 0 aromatic heterocycles. The molecule has 0 heterocycles. The van der Waals surface area contributed by atoms with E-state index in [1.165, 1.54) is 0 Å². The van der Waals surface area contributed by atoms with Crippen molar-refractivity contribution >= 4 is 17.7 Å². The average molecular weight is 396 g/mol. The first-order valence-electron chi connectivity index (χ1n) is 9.99. The minimum atomic E-state index is -0.642. The molecule has 0 unspecified atom stereocenters. The molecular formula is C23H29N3O3. The normalized spacial score (nSPS) is 11.5. The van der Waals surface area contributed by atoms with Crippen LogP contribution in [0.1, 0.15) is 54.1 Å². The van der Waals surface area contributed by atoms with Crippen LogP contribution in [0.15, 0.2) is 54.6 Å². The van der Waals surface area contributed by atoms with Gasteiger partial charge in [0.2, 0.25) is 17.7 Å². The highest BCUT2D eigenvalue weighted by Crippen LogP contribution is 2.07. The van der Waals surface area contributed by atoms with Gasteiger partial charge in [-0.25, -0.2) is 0 Å². The van der Waals surface area contributed by atoms with Gasteiger partial charge in [0.25, 0.3) is 0 Å². The summed E-state index contributed by atoms with van der Waals surface area (Å²) in [5, 5.41) is 5.74. The van der Waals surface area contributed by atoms with Gasteiger partial charge in [-0.2, -0.15) is 0 Å². The Morgan fingerprint density at radius 1 is 0.931 bits per heavy atom. The van der Waals surface area contributed by atoms with Crippen molar-refractivity contribution in [2.45, 2.75) is 51.6 Å². The first-order valence-corrected chi connectivity index (χ1v) is 9.99. The highest BCUT2D eigenvalue weighted by Gasteiger charge is 2.21. The number of benzene rings is 2. The molecule has 0 aliphatic rings. The summed E-state index contributed by atoms with van der Waals surface area (Å²) in [6, 6.07) is 15.7. The van der Waals surface area contributed by atoms with Crippen LogP contribution >= 0.6 is 0 Å². The molecule has 0 bridgehead atoms. The van der Waals surface area contributed by atoms with Crippen LogP contribution in [0.25, 0.3) is 0 Å². The van der Waals surface area contributed by atoms with Crippen LogP contribution in [0.5, 0.6) is 0 Å². The number of carbonyl (C=O) groups is 3. The zero-order valence-corrected chi connectivity index (χ0v) is 16.8. The second kappa shape index (κ2) is 11.6. The summed E-state index contributed by atoms with van der Waals surface area (Å²) in [5.74, 6) is -0.841. The summed E-state index contributed by atoms with van der Waals surface area (Å²) < 4.78 is 0. The maximum Gasteiger partial charge on any atom is 0.248 e. The number of rotatable bonds is 11. The lowest BCUT2D eigenvalue weighted by Crippen LogP contribution is -2.47. The SMILES string of the molecule is CCCCCC(=O)N[C@@H](Cc1ccccc1)C(=O)NCc1ccc(C(N)=O)cc1. The maximum absolute atomic E-state index is 12.8. The molecular weight excluding hydrogens is 366 g/mol. The van der Waals surface area contributed by atoms with Crippen LogP contribution in [0, 0.1) is 0 Å². The fourth-order valence-electron chi connectivity index (χ4n) is 2.96. The molecule has 0 spiro atoms. The standard InChI is InChI=1S/C23H29N3O3/c1-2-3-5-10-21(27)26-20(15-17-8-6-4-7-9-17)23(29)25-16-18-11-13-19(14-12-18)22(24)28/h4,6-9,11-14,20H,2-3,5,10,15-16H2,1H3,(H2,24,28)(H,25,29)(H,26,27)/t20-/m0/s1. The van der Waals surface area contributed by atoms with Crippen LogP contribution in [-0.2, 0) is 22.6 Å². The van der Waals surface area contributed by atoms with E-state index >= 15 is 0 Å². The summed E-state index contributed by atoms with van der Waals surface area (Å²) in [5.41, 5.74) is 7.48. The molecule has 0 aliphatic heterocycles. The number of hydrogen-bond acceptors (Lipinski definition) is 3. The number of unbranched alkanes of at least 4 members (excludes halogenated alkanes) is 2. The second-order valence-electron chi connectivity index (χ2n) is 7.05. The number of nitrogens with two attached hydrogens (primary N) is 1. The van der Waals surface area contributed by atoms with Gasteiger partial charge in [0.05, 0.1) is 0 Å². The number of nitrogens with one attached hydrogen (secondary N) is 2. The number of primary amides is 1. The predicted molar refractivity (Wildman–Crippen MR) is 113 cm³/mol. The van der Waals surface area contributed by atoms with Gasteiger partial charge in [-0.05, 0) is 29.7 Å². The van der Waals surface area contributed by atoms with E-state index in [0.29, 0.717) is 24.9 Å². The second-order valence-corrected chi connectivity index (χ2v) is 7.05. The quantitative estimate of drug-likeness (QED) is 0.510. The van der Waals surface area contributed by atoms with Gasteiger partial charge in [0.1, 0.15) is 6.04 Å². The van der Waals surface area contributed by atoms with Gasteiger partial charge in [-0.3, -0.25) is 14.4 Å². The van der Waals surface area contributed by atoms with E-state index in [9.17, 15) is 14.4 Å². The first-order chi connectivity index (χ1) is 14.0. The summed E-state index contributed by atoms with van der Waals surface area (Å²) in [6.45, 7) is 2.38. The van der Waals surface area contributed by atoms with Crippen LogP contribution in [0.3, 0.4) is 0 Å². The van der Waals surface area contributed by atoms with E-state index in [1.807, 2.05) is 30.3 Å². The fourth-order valence-corrected chi connectivity index (χ4v) is 2.96. The molecule has 2 aromatic rings. The molecule has 0 saturated heterocycles. The molecule has 0 radical (unpaired) electrons. The van der Waals surface area contributed by atoms with Crippen molar-refractivity contribution in [2.75, 3.05) is 0 Å². The molecule has 0 fully saturated rings. The molecule has 4 N–H and O–H groups in total. The van der Waals surface area contributed by atoms with Gasteiger partial charge in [0.15, 0.2) is 0 Å². The van der Waals surface area contributed by atoms with Gasteiger partial charge >= 0.3 is 0 Å². The Bertz CT molecular complexity index is 804. The molecule has 6 heteroatoms. The largest absolute Gasteiger partial charge is 0.366 e. The van der Waals surface area contributed by atoms with Crippen LogP contribution in [0.4, 0.5) is 0 Å². The van der Waals surface area contributed by atoms with Crippen molar-refractivity contribution in [3.63, 3.8) is 0 Å². The van der Waals surface area contributed by atoms with E-state index in [1.54, 1.807) is 24.3 Å². The average Bonchev–Trinajstić information content (AvgIpc) is 2.72. The summed E-state index contributed by atoms with van der Waals surface area (Å²) in [6.07, 6.45) is 3.68. The van der Waals surface area contributed by atoms with Gasteiger partial charge in [-0.15, -0.1) is 0 Å². The Morgan fingerprint density at radius 3 is 2.24 bits per heavy atom. The van der Waals surface area contributed by atoms with Crippen molar-refractivity contribution in [3.8, 4) is 0 Å². The molecule has 154 valence electrons. The molecule has 29 heavy (non-hydrogen) atoms. The van der Waals surface area contributed by atoms with E-state index in [-0.39, 0.29) is 11.8 Å².